The van der Waals surface area contributed by atoms with Crippen molar-refractivity contribution >= 4 is 22.4 Å². The molecule has 3 aromatic carbocycles. The number of hydrogen-bond acceptors (Lipinski definition) is 4. The summed E-state index contributed by atoms with van der Waals surface area (Å²) < 4.78 is 7.41. The lowest BCUT2D eigenvalue weighted by Crippen LogP contribution is -2.36. The number of hydrogen-bond donors (Lipinski definition) is 0. The lowest BCUT2D eigenvalue weighted by molar-refractivity contribution is 0.0993. The number of benzene rings is 3. The summed E-state index contributed by atoms with van der Waals surface area (Å²) in [6, 6.07) is 23.0. The molecule has 178 valence electrons. The third kappa shape index (κ3) is 5.01. The van der Waals surface area contributed by atoms with Gasteiger partial charge in [0.25, 0.3) is 0 Å². The Morgan fingerprint density at radius 2 is 1.60 bits per heavy atom. The Hall–Kier alpha value is -3.44. The predicted octanol–water partition coefficient (Wildman–Crippen LogP) is 5.63. The van der Waals surface area contributed by atoms with Gasteiger partial charge in [-0.1, -0.05) is 31.0 Å². The minimum Gasteiger partial charge on any atom is -0.378 e. The first-order valence-electron chi connectivity index (χ1n) is 12.7. The van der Waals surface area contributed by atoms with E-state index in [9.17, 15) is 4.79 Å². The van der Waals surface area contributed by atoms with Crippen LogP contribution in [0.3, 0.4) is 0 Å². The predicted molar refractivity (Wildman–Crippen MR) is 140 cm³/mol. The second-order valence-corrected chi connectivity index (χ2v) is 9.84. The van der Waals surface area contributed by atoms with Crippen LogP contribution in [-0.2, 0) is 17.6 Å². The highest BCUT2D eigenvalue weighted by Crippen LogP contribution is 2.33. The molecule has 2 heterocycles. The van der Waals surface area contributed by atoms with Gasteiger partial charge in [-0.25, -0.2) is 4.68 Å². The molecule has 1 aliphatic carbocycles. The summed E-state index contributed by atoms with van der Waals surface area (Å²) in [4.78, 5) is 15.2. The monoisotopic (exact) mass is 465 g/mol. The van der Waals surface area contributed by atoms with Gasteiger partial charge in [-0.3, -0.25) is 4.79 Å². The second kappa shape index (κ2) is 9.67. The quantitative estimate of drug-likeness (QED) is 0.317. The van der Waals surface area contributed by atoms with Crippen molar-refractivity contribution in [3.63, 3.8) is 0 Å². The Balaban J connectivity index is 1.13. The van der Waals surface area contributed by atoms with Crippen LogP contribution in [0.2, 0.25) is 0 Å². The van der Waals surface area contributed by atoms with Gasteiger partial charge in [-0.15, -0.1) is 0 Å². The minimum absolute atomic E-state index is 0.132. The van der Waals surface area contributed by atoms with Crippen LogP contribution < -0.4 is 4.90 Å². The zero-order valence-corrected chi connectivity index (χ0v) is 20.0. The normalized spacial score (nSPS) is 16.1. The van der Waals surface area contributed by atoms with Crippen LogP contribution in [-0.4, -0.2) is 41.9 Å². The fraction of sp³-hybridized carbons (Fsp3) is 0.333. The van der Waals surface area contributed by atoms with Gasteiger partial charge in [0.1, 0.15) is 0 Å². The van der Waals surface area contributed by atoms with Crippen LogP contribution in [0.15, 0.2) is 72.9 Å². The molecule has 2 aliphatic rings. The van der Waals surface area contributed by atoms with Crippen molar-refractivity contribution < 1.29 is 9.53 Å². The van der Waals surface area contributed by atoms with E-state index in [0.29, 0.717) is 6.42 Å². The van der Waals surface area contributed by atoms with Gasteiger partial charge in [-0.2, -0.15) is 5.10 Å². The highest BCUT2D eigenvalue weighted by atomic mass is 16.5. The maximum Gasteiger partial charge on any atom is 0.167 e. The maximum absolute atomic E-state index is 12.9. The molecule has 5 heteroatoms. The van der Waals surface area contributed by atoms with Crippen molar-refractivity contribution in [2.75, 3.05) is 31.2 Å². The summed E-state index contributed by atoms with van der Waals surface area (Å²) in [5.41, 5.74) is 6.43. The molecule has 1 saturated carbocycles. The van der Waals surface area contributed by atoms with Crippen LogP contribution in [0.1, 0.15) is 40.7 Å². The number of rotatable bonds is 8. The molecule has 0 atom stereocenters. The highest BCUT2D eigenvalue weighted by molar-refractivity contribution is 5.98. The number of aromatic nitrogens is 2. The molecule has 0 N–H and O–H groups in total. The number of carbonyl (C=O) groups is 1. The topological polar surface area (TPSA) is 47.4 Å². The summed E-state index contributed by atoms with van der Waals surface area (Å²) in [5, 5.41) is 5.68. The Morgan fingerprint density at radius 3 is 2.34 bits per heavy atom. The van der Waals surface area contributed by atoms with Crippen LogP contribution in [0, 0.1) is 5.92 Å². The lowest BCUT2D eigenvalue weighted by Gasteiger charge is -2.28. The van der Waals surface area contributed by atoms with Crippen molar-refractivity contribution in [3.8, 4) is 5.69 Å². The van der Waals surface area contributed by atoms with Crippen LogP contribution in [0.5, 0.6) is 0 Å². The van der Waals surface area contributed by atoms with Gasteiger partial charge < -0.3 is 9.64 Å². The van der Waals surface area contributed by atoms with Crippen molar-refractivity contribution in [2.45, 2.75) is 32.1 Å². The SMILES string of the molecule is O=C(Cc1ccc2c(cnn2-c2ccc(CCC3CC3)cc2)c1)c1ccc(N2CCOCC2)cc1. The largest absolute Gasteiger partial charge is 0.378 e. The van der Waals surface area contributed by atoms with E-state index in [-0.39, 0.29) is 5.78 Å². The number of aryl methyl sites for hydroxylation is 1. The van der Waals surface area contributed by atoms with Gasteiger partial charge >= 0.3 is 0 Å². The molecule has 0 amide bonds. The molecule has 1 saturated heterocycles. The van der Waals surface area contributed by atoms with Crippen molar-refractivity contribution in [3.05, 3.63) is 89.6 Å². The van der Waals surface area contributed by atoms with Gasteiger partial charge in [0, 0.05) is 36.1 Å². The fourth-order valence-electron chi connectivity index (χ4n) is 4.95. The summed E-state index contributed by atoms with van der Waals surface area (Å²) in [6.45, 7) is 3.30. The average molecular weight is 466 g/mol. The molecular formula is C30H31N3O2. The zero-order chi connectivity index (χ0) is 23.6. The molecule has 1 aromatic heterocycles. The summed E-state index contributed by atoms with van der Waals surface area (Å²) >= 11 is 0. The molecular weight excluding hydrogens is 434 g/mol. The van der Waals surface area contributed by atoms with Crippen molar-refractivity contribution in [1.29, 1.82) is 0 Å². The van der Waals surface area contributed by atoms with Crippen molar-refractivity contribution in [1.82, 2.24) is 9.78 Å². The fourth-order valence-corrected chi connectivity index (χ4v) is 4.95. The molecule has 1 aliphatic heterocycles. The third-order valence-electron chi connectivity index (χ3n) is 7.28. The minimum atomic E-state index is 0.132. The lowest BCUT2D eigenvalue weighted by atomic mass is 10.0. The van der Waals surface area contributed by atoms with Gasteiger partial charge in [0.05, 0.1) is 30.6 Å². The van der Waals surface area contributed by atoms with Crippen LogP contribution >= 0.6 is 0 Å². The Kier molecular flexibility index (Phi) is 6.09. The van der Waals surface area contributed by atoms with Gasteiger partial charge in [0.15, 0.2) is 5.78 Å². The molecule has 0 radical (unpaired) electrons. The first-order chi connectivity index (χ1) is 17.2. The number of carbonyl (C=O) groups excluding carboxylic acids is 1. The number of fused-ring (bicyclic) bond motifs is 1. The first-order valence-corrected chi connectivity index (χ1v) is 12.7. The first kappa shape index (κ1) is 22.1. The zero-order valence-electron chi connectivity index (χ0n) is 20.0. The molecule has 2 fully saturated rings. The molecule has 4 aromatic rings. The molecule has 35 heavy (non-hydrogen) atoms. The summed E-state index contributed by atoms with van der Waals surface area (Å²) in [7, 11) is 0. The molecule has 0 bridgehead atoms. The Morgan fingerprint density at radius 1 is 0.886 bits per heavy atom. The summed E-state index contributed by atoms with van der Waals surface area (Å²) in [5.74, 6) is 1.09. The molecule has 6 rings (SSSR count). The number of anilines is 1. The van der Waals surface area contributed by atoms with E-state index in [4.69, 9.17) is 4.74 Å². The van der Waals surface area contributed by atoms with E-state index in [1.165, 1.54) is 24.8 Å². The van der Waals surface area contributed by atoms with Gasteiger partial charge in [-0.05, 0) is 78.4 Å². The molecule has 0 unspecified atom stereocenters. The van der Waals surface area contributed by atoms with Gasteiger partial charge in [0.2, 0.25) is 0 Å². The number of nitrogens with zero attached hydrogens (tertiary/aromatic N) is 3. The molecule has 5 nitrogen and oxygen atoms in total. The van der Waals surface area contributed by atoms with E-state index in [2.05, 4.69) is 46.4 Å². The van der Waals surface area contributed by atoms with E-state index >= 15 is 0 Å². The van der Waals surface area contributed by atoms with E-state index in [1.807, 2.05) is 41.2 Å². The van der Waals surface area contributed by atoms with Crippen LogP contribution in [0.4, 0.5) is 5.69 Å². The summed E-state index contributed by atoms with van der Waals surface area (Å²) in [6.07, 6.45) is 7.56. The Labute approximate surface area is 206 Å². The highest BCUT2D eigenvalue weighted by Gasteiger charge is 2.20. The smallest absolute Gasteiger partial charge is 0.167 e. The van der Waals surface area contributed by atoms with Crippen LogP contribution in [0.25, 0.3) is 16.6 Å². The van der Waals surface area contributed by atoms with E-state index < -0.39 is 0 Å². The number of Topliss-reactive ketones (excluding diaryl/α,β-unsaturated/α-hetero) is 1. The molecule has 0 spiro atoms. The van der Waals surface area contributed by atoms with Crippen molar-refractivity contribution in [2.24, 2.45) is 5.92 Å². The maximum atomic E-state index is 12.9. The Bertz CT molecular complexity index is 1310. The van der Waals surface area contributed by atoms with E-state index in [0.717, 1.165) is 72.0 Å². The standard InChI is InChI=1S/C30H31N3O2/c34-30(25-8-12-27(13-9-25)32-15-17-35-18-16-32)20-24-7-14-29-26(19-24)21-31-33(29)28-10-5-23(6-11-28)4-3-22-1-2-22/h5-14,19,21-22H,1-4,15-18,20H2. The third-order valence-corrected chi connectivity index (χ3v) is 7.28. The average Bonchev–Trinajstić information content (AvgIpc) is 3.65. The van der Waals surface area contributed by atoms with E-state index in [1.54, 1.807) is 0 Å². The number of morpholine rings is 1. The number of ether oxygens (including phenoxy) is 1. The number of ketones is 1. The second-order valence-electron chi connectivity index (χ2n) is 9.84.